The molecule has 1 aromatic carbocycles. The summed E-state index contributed by atoms with van der Waals surface area (Å²) in [6.45, 7) is 0.879. The van der Waals surface area contributed by atoms with Crippen molar-refractivity contribution in [2.75, 3.05) is 30.0 Å². The van der Waals surface area contributed by atoms with Crippen LogP contribution in [0, 0.1) is 0 Å². The normalized spacial score (nSPS) is 11.2. The van der Waals surface area contributed by atoms with Crippen LogP contribution in [0.3, 0.4) is 0 Å². The Bertz CT molecular complexity index is 485. The molecule has 1 amide bonds. The van der Waals surface area contributed by atoms with E-state index in [0.717, 1.165) is 6.26 Å². The van der Waals surface area contributed by atoms with E-state index in [2.05, 4.69) is 0 Å². The van der Waals surface area contributed by atoms with E-state index in [-0.39, 0.29) is 0 Å². The summed E-state index contributed by atoms with van der Waals surface area (Å²) in [7, 11) is -3.32. The predicted molar refractivity (Wildman–Crippen MR) is 72.2 cm³/mol. The third-order valence-electron chi connectivity index (χ3n) is 2.34. The molecule has 0 spiro atoms. The molecule has 2 N–H and O–H groups in total. The smallest absolute Gasteiger partial charge is 0.242 e. The Morgan fingerprint density at radius 1 is 1.28 bits per heavy atom. The molecule has 6 heteroatoms. The van der Waals surface area contributed by atoms with E-state index >= 15 is 0 Å². The second-order valence-electron chi connectivity index (χ2n) is 4.09. The molecule has 0 aliphatic carbocycles. The van der Waals surface area contributed by atoms with Gasteiger partial charge in [0.05, 0.1) is 0 Å². The minimum atomic E-state index is -3.32. The Labute approximate surface area is 108 Å². The van der Waals surface area contributed by atoms with Crippen molar-refractivity contribution in [2.24, 2.45) is 5.73 Å². The van der Waals surface area contributed by atoms with Crippen LogP contribution in [-0.2, 0) is 14.6 Å². The fraction of sp³-hybridized carbons (Fsp3) is 0.417. The molecule has 0 atom stereocenters. The molecule has 1 rings (SSSR count). The third kappa shape index (κ3) is 4.85. The number of anilines is 1. The van der Waals surface area contributed by atoms with Crippen LogP contribution in [0.25, 0.3) is 0 Å². The Hall–Kier alpha value is -1.40. The number of benzene rings is 1. The minimum absolute atomic E-state index is 0.419. The molecule has 100 valence electrons. The lowest BCUT2D eigenvalue weighted by Crippen LogP contribution is -2.37. The number of nitrogens with zero attached hydrogens (tertiary/aromatic N) is 1. The van der Waals surface area contributed by atoms with E-state index in [4.69, 9.17) is 5.73 Å². The van der Waals surface area contributed by atoms with Crippen molar-refractivity contribution in [3.63, 3.8) is 0 Å². The van der Waals surface area contributed by atoms with Crippen molar-refractivity contribution in [3.8, 4) is 0 Å². The van der Waals surface area contributed by atoms with E-state index in [1.54, 1.807) is 24.3 Å². The van der Waals surface area contributed by atoms with Gasteiger partial charge in [-0.3, -0.25) is 4.79 Å². The first-order chi connectivity index (χ1) is 8.44. The van der Waals surface area contributed by atoms with Gasteiger partial charge in [-0.25, -0.2) is 8.42 Å². The molecule has 0 saturated heterocycles. The summed E-state index contributed by atoms with van der Waals surface area (Å²) in [6, 6.07) is 9.00. The number of hydrogen-bond donors (Lipinski definition) is 1. The quantitative estimate of drug-likeness (QED) is 0.812. The van der Waals surface area contributed by atoms with Gasteiger partial charge in [0.15, 0.2) is 9.84 Å². The maximum Gasteiger partial charge on any atom is 0.242 e. The van der Waals surface area contributed by atoms with Crippen LogP contribution >= 0.6 is 0 Å². The average molecular weight is 270 g/mol. The van der Waals surface area contributed by atoms with Gasteiger partial charge in [-0.2, -0.15) is 0 Å². The zero-order valence-corrected chi connectivity index (χ0v) is 11.2. The number of para-hydroxylation sites is 1. The summed E-state index contributed by atoms with van der Waals surface area (Å²) in [6.07, 6.45) is 1.68. The number of hydrogen-bond acceptors (Lipinski definition) is 4. The second kappa shape index (κ2) is 6.51. The summed E-state index contributed by atoms with van der Waals surface area (Å²) in [5, 5.41) is 0. The van der Waals surface area contributed by atoms with Crippen LogP contribution in [0.4, 0.5) is 5.69 Å². The third-order valence-corrected chi connectivity index (χ3v) is 3.11. The van der Waals surface area contributed by atoms with Gasteiger partial charge in [0, 0.05) is 18.5 Å². The van der Waals surface area contributed by atoms with E-state index in [9.17, 15) is 13.2 Å². The summed E-state index contributed by atoms with van der Waals surface area (Å²) in [5.41, 5.74) is 6.12. The lowest BCUT2D eigenvalue weighted by atomic mass is 10.2. The predicted octanol–water partition coefficient (Wildman–Crippen LogP) is 0.413. The standard InChI is InChI=1S/C12H18N2O3S/c1-18(16,17)10-12(15)14(9-5-8-13)11-6-3-2-4-7-11/h2-4,6-7H,5,8-10,13H2,1H3. The van der Waals surface area contributed by atoms with Gasteiger partial charge in [-0.1, -0.05) is 18.2 Å². The first kappa shape index (κ1) is 14.7. The van der Waals surface area contributed by atoms with Crippen molar-refractivity contribution in [1.82, 2.24) is 0 Å². The van der Waals surface area contributed by atoms with E-state index in [1.165, 1.54) is 4.90 Å². The number of sulfone groups is 1. The lowest BCUT2D eigenvalue weighted by molar-refractivity contribution is -0.116. The van der Waals surface area contributed by atoms with Crippen molar-refractivity contribution in [3.05, 3.63) is 30.3 Å². The summed E-state index contributed by atoms with van der Waals surface area (Å²) >= 11 is 0. The molecular weight excluding hydrogens is 252 g/mol. The monoisotopic (exact) mass is 270 g/mol. The number of rotatable bonds is 6. The highest BCUT2D eigenvalue weighted by molar-refractivity contribution is 7.91. The Morgan fingerprint density at radius 2 is 1.89 bits per heavy atom. The highest BCUT2D eigenvalue weighted by Gasteiger charge is 2.19. The van der Waals surface area contributed by atoms with Crippen molar-refractivity contribution in [1.29, 1.82) is 0 Å². The molecule has 0 unspecified atom stereocenters. The van der Waals surface area contributed by atoms with E-state index < -0.39 is 21.5 Å². The lowest BCUT2D eigenvalue weighted by Gasteiger charge is -2.22. The number of carbonyl (C=O) groups excluding carboxylic acids is 1. The molecule has 0 aliphatic rings. The van der Waals surface area contributed by atoms with Crippen LogP contribution in [0.15, 0.2) is 30.3 Å². The molecule has 0 fully saturated rings. The summed E-state index contributed by atoms with van der Waals surface area (Å²) < 4.78 is 22.4. The molecule has 0 saturated carbocycles. The highest BCUT2D eigenvalue weighted by Crippen LogP contribution is 2.14. The van der Waals surface area contributed by atoms with Gasteiger partial charge in [-0.05, 0) is 25.1 Å². The van der Waals surface area contributed by atoms with E-state index in [0.29, 0.717) is 25.2 Å². The number of nitrogens with two attached hydrogens (primary N) is 1. The summed E-state index contributed by atoms with van der Waals surface area (Å²) in [5.74, 6) is -0.899. The second-order valence-corrected chi connectivity index (χ2v) is 6.23. The zero-order chi connectivity index (χ0) is 13.6. The average Bonchev–Trinajstić information content (AvgIpc) is 2.28. The fourth-order valence-electron chi connectivity index (χ4n) is 1.56. The highest BCUT2D eigenvalue weighted by atomic mass is 32.2. The largest absolute Gasteiger partial charge is 0.330 e. The van der Waals surface area contributed by atoms with Crippen molar-refractivity contribution >= 4 is 21.4 Å². The first-order valence-electron chi connectivity index (χ1n) is 5.67. The molecular formula is C12H18N2O3S. The Morgan fingerprint density at radius 3 is 2.39 bits per heavy atom. The molecule has 5 nitrogen and oxygen atoms in total. The first-order valence-corrected chi connectivity index (χ1v) is 7.73. The number of amides is 1. The molecule has 0 radical (unpaired) electrons. The Balaban J connectivity index is 2.88. The Kier molecular flexibility index (Phi) is 5.30. The topological polar surface area (TPSA) is 80.5 Å². The maximum atomic E-state index is 12.0. The van der Waals surface area contributed by atoms with Gasteiger partial charge in [0.2, 0.25) is 5.91 Å². The molecule has 1 aromatic rings. The minimum Gasteiger partial charge on any atom is -0.330 e. The van der Waals surface area contributed by atoms with Gasteiger partial charge >= 0.3 is 0 Å². The van der Waals surface area contributed by atoms with Gasteiger partial charge in [0.25, 0.3) is 0 Å². The van der Waals surface area contributed by atoms with Crippen molar-refractivity contribution < 1.29 is 13.2 Å². The molecule has 18 heavy (non-hydrogen) atoms. The number of carbonyl (C=O) groups is 1. The van der Waals surface area contributed by atoms with Crippen molar-refractivity contribution in [2.45, 2.75) is 6.42 Å². The van der Waals surface area contributed by atoms with Gasteiger partial charge in [0.1, 0.15) is 5.75 Å². The molecule has 0 aromatic heterocycles. The molecule has 0 bridgehead atoms. The van der Waals surface area contributed by atoms with Gasteiger partial charge in [-0.15, -0.1) is 0 Å². The van der Waals surface area contributed by atoms with E-state index in [1.807, 2.05) is 6.07 Å². The summed E-state index contributed by atoms with van der Waals surface area (Å²) in [4.78, 5) is 13.4. The van der Waals surface area contributed by atoms with Crippen LogP contribution in [0.2, 0.25) is 0 Å². The van der Waals surface area contributed by atoms with Crippen LogP contribution in [-0.4, -0.2) is 39.4 Å². The molecule has 0 aliphatic heterocycles. The van der Waals surface area contributed by atoms with Gasteiger partial charge < -0.3 is 10.6 Å². The SMILES string of the molecule is CS(=O)(=O)CC(=O)N(CCCN)c1ccccc1. The van der Waals surface area contributed by atoms with Crippen LogP contribution < -0.4 is 10.6 Å². The fourth-order valence-corrected chi connectivity index (χ4v) is 2.16. The van der Waals surface area contributed by atoms with Crippen LogP contribution in [0.1, 0.15) is 6.42 Å². The zero-order valence-electron chi connectivity index (χ0n) is 10.4. The molecule has 0 heterocycles. The maximum absolute atomic E-state index is 12.0. The van der Waals surface area contributed by atoms with Crippen LogP contribution in [0.5, 0.6) is 0 Å².